The number of nitrogens with two attached hydrogens (primary N) is 1. The third kappa shape index (κ3) is 2.26. The Kier molecular flexibility index (Phi) is 2.96. The van der Waals surface area contributed by atoms with E-state index in [0.717, 1.165) is 5.56 Å². The van der Waals surface area contributed by atoms with Gasteiger partial charge in [-0.1, -0.05) is 12.1 Å². The third-order valence-electron chi connectivity index (χ3n) is 3.89. The van der Waals surface area contributed by atoms with Crippen LogP contribution in [0.25, 0.3) is 0 Å². The van der Waals surface area contributed by atoms with Gasteiger partial charge in [-0.2, -0.15) is 0 Å². The van der Waals surface area contributed by atoms with E-state index in [-0.39, 0.29) is 24.7 Å². The normalized spacial score (nSPS) is 19.6. The van der Waals surface area contributed by atoms with E-state index in [1.54, 1.807) is 17.0 Å². The molecule has 1 atom stereocenters. The molecule has 1 aliphatic rings. The van der Waals surface area contributed by atoms with Gasteiger partial charge in [-0.05, 0) is 23.6 Å². The summed E-state index contributed by atoms with van der Waals surface area (Å²) in [4.78, 5) is 0. The van der Waals surface area contributed by atoms with Gasteiger partial charge in [0.05, 0.1) is 0 Å². The number of hydrogen-bond donors (Lipinski definition) is 1. The number of halogens is 2. The van der Waals surface area contributed by atoms with E-state index in [1.165, 1.54) is 0 Å². The summed E-state index contributed by atoms with van der Waals surface area (Å²) in [7, 11) is 1.82. The van der Waals surface area contributed by atoms with Crippen LogP contribution in [-0.4, -0.2) is 20.7 Å². The van der Waals surface area contributed by atoms with Crippen molar-refractivity contribution in [2.24, 2.45) is 13.0 Å². The Bertz CT molecular complexity index is 615. The predicted octanol–water partition coefficient (Wildman–Crippen LogP) is 2.57. The molecule has 0 unspecified atom stereocenters. The van der Waals surface area contributed by atoms with Gasteiger partial charge >= 0.3 is 0 Å². The van der Waals surface area contributed by atoms with Crippen LogP contribution in [0.15, 0.2) is 30.6 Å². The average Bonchev–Trinajstić information content (AvgIpc) is 2.74. The van der Waals surface area contributed by atoms with Crippen molar-refractivity contribution in [1.29, 1.82) is 0 Å². The molecule has 106 valence electrons. The van der Waals surface area contributed by atoms with Crippen molar-refractivity contribution in [3.8, 4) is 0 Å². The third-order valence-corrected chi connectivity index (χ3v) is 3.89. The number of aryl methyl sites for hydroxylation is 1. The second-order valence-corrected chi connectivity index (χ2v) is 5.47. The lowest BCUT2D eigenvalue weighted by Gasteiger charge is -2.39. The summed E-state index contributed by atoms with van der Waals surface area (Å²) < 4.78 is 28.2. The minimum Gasteiger partial charge on any atom is -0.399 e. The van der Waals surface area contributed by atoms with E-state index in [1.807, 2.05) is 25.2 Å². The van der Waals surface area contributed by atoms with Crippen molar-refractivity contribution < 1.29 is 8.78 Å². The molecule has 0 radical (unpaired) electrons. The van der Waals surface area contributed by atoms with Gasteiger partial charge < -0.3 is 10.3 Å². The zero-order valence-corrected chi connectivity index (χ0v) is 11.1. The highest BCUT2D eigenvalue weighted by molar-refractivity contribution is 5.43. The molecule has 1 aromatic heterocycles. The Morgan fingerprint density at radius 1 is 1.40 bits per heavy atom. The molecule has 4 nitrogen and oxygen atoms in total. The summed E-state index contributed by atoms with van der Waals surface area (Å²) in [6, 6.07) is 7.36. The molecule has 0 bridgehead atoms. The first kappa shape index (κ1) is 13.0. The number of nitrogens with zero attached hydrogens (tertiary/aromatic N) is 3. The first-order chi connectivity index (χ1) is 9.46. The van der Waals surface area contributed by atoms with Crippen LogP contribution in [0.3, 0.4) is 0 Å². The van der Waals surface area contributed by atoms with Crippen molar-refractivity contribution in [2.75, 3.05) is 5.73 Å². The minimum absolute atomic E-state index is 0.112. The molecule has 2 N–H and O–H groups in total. The van der Waals surface area contributed by atoms with Crippen molar-refractivity contribution in [3.63, 3.8) is 0 Å². The fraction of sp³-hybridized carbons (Fsp3) is 0.429. The fourth-order valence-corrected chi connectivity index (χ4v) is 2.90. The number of rotatable bonds is 3. The molecule has 1 aliphatic carbocycles. The van der Waals surface area contributed by atoms with Crippen LogP contribution in [0.4, 0.5) is 14.5 Å². The second-order valence-electron chi connectivity index (χ2n) is 5.47. The second kappa shape index (κ2) is 4.54. The van der Waals surface area contributed by atoms with E-state index in [2.05, 4.69) is 10.2 Å². The van der Waals surface area contributed by atoms with E-state index in [4.69, 9.17) is 5.73 Å². The summed E-state index contributed by atoms with van der Waals surface area (Å²) in [6.07, 6.45) is 1.37. The first-order valence-electron chi connectivity index (χ1n) is 6.53. The molecule has 0 saturated heterocycles. The Morgan fingerprint density at radius 2 is 2.15 bits per heavy atom. The molecule has 1 heterocycles. The maximum atomic E-state index is 13.2. The van der Waals surface area contributed by atoms with Crippen molar-refractivity contribution in [2.45, 2.75) is 24.7 Å². The standard InChI is InChI=1S/C14H16F2N4/c1-20-8-18-19-13(20)12(10-6-14(15,16)7-10)9-3-2-4-11(17)5-9/h2-5,8,10,12H,6-7,17H2,1H3/t12-/m0/s1. The molecule has 1 aromatic carbocycles. The Hall–Kier alpha value is -1.98. The maximum absolute atomic E-state index is 13.2. The van der Waals surface area contributed by atoms with Gasteiger partial charge in [-0.15, -0.1) is 10.2 Å². The highest BCUT2D eigenvalue weighted by Gasteiger charge is 2.50. The van der Waals surface area contributed by atoms with Gasteiger partial charge in [0.15, 0.2) is 0 Å². The SMILES string of the molecule is Cn1cnnc1[C@@H](c1cccc(N)c1)C1CC(F)(F)C1. The fourth-order valence-electron chi connectivity index (χ4n) is 2.90. The molecule has 20 heavy (non-hydrogen) atoms. The van der Waals surface area contributed by atoms with Gasteiger partial charge in [-0.3, -0.25) is 0 Å². The molecule has 6 heteroatoms. The molecule has 0 spiro atoms. The minimum atomic E-state index is -2.55. The molecule has 2 aromatic rings. The van der Waals surface area contributed by atoms with E-state index in [0.29, 0.717) is 11.5 Å². The highest BCUT2D eigenvalue weighted by Crippen LogP contribution is 2.50. The van der Waals surface area contributed by atoms with Crippen molar-refractivity contribution >= 4 is 5.69 Å². The summed E-state index contributed by atoms with van der Waals surface area (Å²) in [5.74, 6) is -2.17. The zero-order chi connectivity index (χ0) is 14.3. The number of anilines is 1. The van der Waals surface area contributed by atoms with E-state index in [9.17, 15) is 8.78 Å². The Labute approximate surface area is 115 Å². The largest absolute Gasteiger partial charge is 0.399 e. The lowest BCUT2D eigenvalue weighted by Crippen LogP contribution is -2.39. The lowest BCUT2D eigenvalue weighted by atomic mass is 9.70. The molecule has 1 saturated carbocycles. The molecule has 0 aliphatic heterocycles. The number of alkyl halides is 2. The lowest BCUT2D eigenvalue weighted by molar-refractivity contribution is -0.114. The first-order valence-corrected chi connectivity index (χ1v) is 6.53. The van der Waals surface area contributed by atoms with E-state index < -0.39 is 5.92 Å². The maximum Gasteiger partial charge on any atom is 0.248 e. The summed E-state index contributed by atoms with van der Waals surface area (Å²) in [5.41, 5.74) is 7.35. The topological polar surface area (TPSA) is 56.7 Å². The molecule has 1 fully saturated rings. The number of hydrogen-bond acceptors (Lipinski definition) is 3. The van der Waals surface area contributed by atoms with Crippen LogP contribution in [0.1, 0.15) is 30.1 Å². The highest BCUT2D eigenvalue weighted by atomic mass is 19.3. The van der Waals surface area contributed by atoms with Gasteiger partial charge in [0.25, 0.3) is 0 Å². The van der Waals surface area contributed by atoms with Crippen LogP contribution in [-0.2, 0) is 7.05 Å². The van der Waals surface area contributed by atoms with Crippen LogP contribution >= 0.6 is 0 Å². The Morgan fingerprint density at radius 3 is 2.70 bits per heavy atom. The Balaban J connectivity index is 1.99. The predicted molar refractivity (Wildman–Crippen MR) is 71.4 cm³/mol. The van der Waals surface area contributed by atoms with Gasteiger partial charge in [0.2, 0.25) is 5.92 Å². The summed E-state index contributed by atoms with van der Waals surface area (Å²) >= 11 is 0. The van der Waals surface area contributed by atoms with Gasteiger partial charge in [0.1, 0.15) is 12.2 Å². The van der Waals surface area contributed by atoms with Crippen LogP contribution in [0.2, 0.25) is 0 Å². The smallest absolute Gasteiger partial charge is 0.248 e. The molecule has 0 amide bonds. The van der Waals surface area contributed by atoms with Crippen LogP contribution < -0.4 is 5.73 Å². The van der Waals surface area contributed by atoms with E-state index >= 15 is 0 Å². The molecular weight excluding hydrogens is 262 g/mol. The summed E-state index contributed by atoms with van der Waals surface area (Å²) in [6.45, 7) is 0. The van der Waals surface area contributed by atoms with Gasteiger partial charge in [-0.25, -0.2) is 8.78 Å². The molecular formula is C14H16F2N4. The van der Waals surface area contributed by atoms with Crippen molar-refractivity contribution in [1.82, 2.24) is 14.8 Å². The van der Waals surface area contributed by atoms with Crippen molar-refractivity contribution in [3.05, 3.63) is 42.0 Å². The average molecular weight is 278 g/mol. The number of benzene rings is 1. The quantitative estimate of drug-likeness (QED) is 0.878. The molecule has 3 rings (SSSR count). The number of nitrogen functional groups attached to an aromatic ring is 1. The zero-order valence-electron chi connectivity index (χ0n) is 11.1. The summed E-state index contributed by atoms with van der Waals surface area (Å²) in [5, 5.41) is 7.96. The number of aromatic nitrogens is 3. The van der Waals surface area contributed by atoms with Crippen LogP contribution in [0, 0.1) is 5.92 Å². The monoisotopic (exact) mass is 278 g/mol. The van der Waals surface area contributed by atoms with Gasteiger partial charge in [0, 0.05) is 31.5 Å². The van der Waals surface area contributed by atoms with Crippen LogP contribution in [0.5, 0.6) is 0 Å².